The quantitative estimate of drug-likeness (QED) is 0.611. The molecule has 0 radical (unpaired) electrons. The van der Waals surface area contributed by atoms with Crippen LogP contribution >= 0.6 is 0 Å². The van der Waals surface area contributed by atoms with Gasteiger partial charge in [0.15, 0.2) is 0 Å². The molecular formula is C26H31N7. The number of fused-ring (bicyclic) bond motifs is 1. The fourth-order valence-corrected chi connectivity index (χ4v) is 4.59. The van der Waals surface area contributed by atoms with E-state index >= 15 is 0 Å². The third-order valence-corrected chi connectivity index (χ3v) is 6.74. The second kappa shape index (κ2) is 8.48. The van der Waals surface area contributed by atoms with Gasteiger partial charge in [-0.2, -0.15) is 0 Å². The standard InChI is InChI=1S/C26H31N7/c1-18-14-21(17-31(5)19(18)2)26-29-23-16-28-25(32-12-10-30(4)11-13-32)15-24(23)33(26)20(3)22-8-6-7-9-27-22/h6-9,14-17,20H,2,10-13H2,1,3-5H3. The first-order valence-corrected chi connectivity index (χ1v) is 11.5. The lowest BCUT2D eigenvalue weighted by molar-refractivity contribution is 0.312. The summed E-state index contributed by atoms with van der Waals surface area (Å²) in [6.07, 6.45) is 8.03. The molecule has 1 saturated heterocycles. The van der Waals surface area contributed by atoms with Crippen LogP contribution in [0.5, 0.6) is 0 Å². The van der Waals surface area contributed by atoms with Crippen LogP contribution in [0.15, 0.2) is 66.8 Å². The van der Waals surface area contributed by atoms with Crippen LogP contribution in [0.4, 0.5) is 5.82 Å². The summed E-state index contributed by atoms with van der Waals surface area (Å²) in [4.78, 5) is 21.3. The van der Waals surface area contributed by atoms with E-state index in [1.54, 1.807) is 0 Å². The van der Waals surface area contributed by atoms with E-state index in [1.165, 1.54) is 0 Å². The Morgan fingerprint density at radius 2 is 1.85 bits per heavy atom. The highest BCUT2D eigenvalue weighted by Gasteiger charge is 2.24. The SMILES string of the molecule is C=C1C(C)=CC(c2nc3cnc(N4CCN(C)CC4)cc3n2C(C)c2ccccn2)=CN1C. The highest BCUT2D eigenvalue weighted by molar-refractivity contribution is 5.84. The molecule has 1 unspecified atom stereocenters. The number of allylic oxidation sites excluding steroid dienone is 3. The molecule has 0 amide bonds. The number of aromatic nitrogens is 4. The van der Waals surface area contributed by atoms with Gasteiger partial charge in [-0.1, -0.05) is 12.6 Å². The second-order valence-corrected chi connectivity index (χ2v) is 9.03. The van der Waals surface area contributed by atoms with E-state index in [4.69, 9.17) is 9.97 Å². The summed E-state index contributed by atoms with van der Waals surface area (Å²) >= 11 is 0. The van der Waals surface area contributed by atoms with Gasteiger partial charge in [-0.05, 0) is 44.7 Å². The van der Waals surface area contributed by atoms with Crippen molar-refractivity contribution in [3.63, 3.8) is 0 Å². The molecule has 0 N–H and O–H groups in total. The van der Waals surface area contributed by atoms with Gasteiger partial charge in [0.05, 0.1) is 23.4 Å². The molecule has 0 bridgehead atoms. The lowest BCUT2D eigenvalue weighted by Gasteiger charge is -2.33. The highest BCUT2D eigenvalue weighted by atomic mass is 15.3. The summed E-state index contributed by atoms with van der Waals surface area (Å²) in [6.45, 7) is 12.5. The molecule has 0 aromatic carbocycles. The molecule has 2 aliphatic rings. The second-order valence-electron chi connectivity index (χ2n) is 9.03. The minimum atomic E-state index is 0.0129. The first-order chi connectivity index (χ1) is 15.9. The van der Waals surface area contributed by atoms with Crippen LogP contribution in [0.2, 0.25) is 0 Å². The Morgan fingerprint density at radius 1 is 1.06 bits per heavy atom. The molecule has 170 valence electrons. The summed E-state index contributed by atoms with van der Waals surface area (Å²) in [7, 11) is 4.20. The molecule has 5 heterocycles. The third-order valence-electron chi connectivity index (χ3n) is 6.74. The van der Waals surface area contributed by atoms with Crippen molar-refractivity contribution in [1.29, 1.82) is 0 Å². The summed E-state index contributed by atoms with van der Waals surface area (Å²) in [5.41, 5.74) is 6.16. The van der Waals surface area contributed by atoms with Gasteiger partial charge < -0.3 is 19.3 Å². The van der Waals surface area contributed by atoms with Crippen molar-refractivity contribution in [1.82, 2.24) is 29.3 Å². The van der Waals surface area contributed by atoms with E-state index in [0.717, 1.165) is 71.4 Å². The van der Waals surface area contributed by atoms with Crippen molar-refractivity contribution in [2.24, 2.45) is 0 Å². The molecule has 7 nitrogen and oxygen atoms in total. The predicted molar refractivity (Wildman–Crippen MR) is 134 cm³/mol. The third kappa shape index (κ3) is 3.93. The van der Waals surface area contributed by atoms with Crippen LogP contribution < -0.4 is 4.90 Å². The van der Waals surface area contributed by atoms with Crippen molar-refractivity contribution < 1.29 is 0 Å². The number of piperazine rings is 1. The number of anilines is 1. The van der Waals surface area contributed by atoms with Crippen molar-refractivity contribution in [3.8, 4) is 0 Å². The van der Waals surface area contributed by atoms with E-state index < -0.39 is 0 Å². The van der Waals surface area contributed by atoms with E-state index in [9.17, 15) is 0 Å². The van der Waals surface area contributed by atoms with Crippen molar-refractivity contribution in [3.05, 3.63) is 78.3 Å². The van der Waals surface area contributed by atoms with Gasteiger partial charge in [-0.25, -0.2) is 9.97 Å². The van der Waals surface area contributed by atoms with Crippen molar-refractivity contribution in [2.75, 3.05) is 45.2 Å². The van der Waals surface area contributed by atoms with Gasteiger partial charge in [-0.3, -0.25) is 4.98 Å². The van der Waals surface area contributed by atoms with Gasteiger partial charge in [0.1, 0.15) is 17.2 Å². The van der Waals surface area contributed by atoms with Crippen LogP contribution in [-0.2, 0) is 0 Å². The van der Waals surface area contributed by atoms with Crippen LogP contribution in [0.1, 0.15) is 31.4 Å². The zero-order valence-corrected chi connectivity index (χ0v) is 19.9. The summed E-state index contributed by atoms with van der Waals surface area (Å²) in [5, 5.41) is 0. The molecule has 0 spiro atoms. The Kier molecular flexibility index (Phi) is 5.50. The Hall–Kier alpha value is -3.45. The largest absolute Gasteiger partial charge is 0.354 e. The zero-order valence-electron chi connectivity index (χ0n) is 19.9. The first kappa shape index (κ1) is 21.4. The fraction of sp³-hybridized carbons (Fsp3) is 0.346. The molecule has 3 aromatic rings. The van der Waals surface area contributed by atoms with Gasteiger partial charge in [0, 0.05) is 63.0 Å². The van der Waals surface area contributed by atoms with Gasteiger partial charge in [-0.15, -0.1) is 0 Å². The minimum absolute atomic E-state index is 0.0129. The topological polar surface area (TPSA) is 53.3 Å². The van der Waals surface area contributed by atoms with Crippen molar-refractivity contribution in [2.45, 2.75) is 19.9 Å². The molecule has 5 rings (SSSR count). The van der Waals surface area contributed by atoms with Crippen LogP contribution in [0.25, 0.3) is 16.6 Å². The fourth-order valence-electron chi connectivity index (χ4n) is 4.59. The molecule has 1 fully saturated rings. The van der Waals surface area contributed by atoms with Crippen LogP contribution in [0.3, 0.4) is 0 Å². The summed E-state index contributed by atoms with van der Waals surface area (Å²) in [6, 6.07) is 8.27. The number of hydrogen-bond donors (Lipinski definition) is 0. The zero-order chi connectivity index (χ0) is 23.1. The molecule has 33 heavy (non-hydrogen) atoms. The van der Waals surface area contributed by atoms with Crippen LogP contribution in [0, 0.1) is 0 Å². The summed E-state index contributed by atoms with van der Waals surface area (Å²) < 4.78 is 2.30. The van der Waals surface area contributed by atoms with E-state index in [1.807, 2.05) is 31.6 Å². The number of likely N-dealkylation sites (N-methyl/N-ethyl adjacent to an activating group) is 2. The normalized spacial score (nSPS) is 18.5. The van der Waals surface area contributed by atoms with Gasteiger partial charge in [0.2, 0.25) is 0 Å². The minimum Gasteiger partial charge on any atom is -0.354 e. The predicted octanol–water partition coefficient (Wildman–Crippen LogP) is 3.93. The number of imidazole rings is 1. The molecule has 7 heteroatoms. The Bertz CT molecular complexity index is 1250. The van der Waals surface area contributed by atoms with E-state index in [-0.39, 0.29) is 6.04 Å². The maximum absolute atomic E-state index is 5.05. The maximum Gasteiger partial charge on any atom is 0.143 e. The highest BCUT2D eigenvalue weighted by Crippen LogP contribution is 2.33. The number of pyridine rings is 2. The maximum atomic E-state index is 5.05. The number of hydrogen-bond acceptors (Lipinski definition) is 6. The van der Waals surface area contributed by atoms with Crippen LogP contribution in [-0.4, -0.2) is 69.6 Å². The first-order valence-electron chi connectivity index (χ1n) is 11.5. The van der Waals surface area contributed by atoms with Gasteiger partial charge in [0.25, 0.3) is 0 Å². The van der Waals surface area contributed by atoms with Crippen molar-refractivity contribution >= 4 is 22.4 Å². The Labute approximate surface area is 195 Å². The molecular weight excluding hydrogens is 410 g/mol. The molecule has 2 aliphatic heterocycles. The monoisotopic (exact) mass is 441 g/mol. The molecule has 0 aliphatic carbocycles. The Morgan fingerprint density at radius 3 is 2.55 bits per heavy atom. The molecule has 1 atom stereocenters. The molecule has 3 aromatic heterocycles. The number of nitrogens with zero attached hydrogens (tertiary/aromatic N) is 7. The lowest BCUT2D eigenvalue weighted by atomic mass is 10.1. The smallest absolute Gasteiger partial charge is 0.143 e. The average molecular weight is 442 g/mol. The Balaban J connectivity index is 1.66. The number of rotatable bonds is 4. The average Bonchev–Trinajstić information content (AvgIpc) is 3.21. The van der Waals surface area contributed by atoms with Gasteiger partial charge >= 0.3 is 0 Å². The summed E-state index contributed by atoms with van der Waals surface area (Å²) in [5.74, 6) is 1.92. The van der Waals surface area contributed by atoms with E-state index in [2.05, 4.69) is 76.1 Å². The van der Waals surface area contributed by atoms with E-state index in [0.29, 0.717) is 0 Å². The molecule has 0 saturated carbocycles. The lowest BCUT2D eigenvalue weighted by Crippen LogP contribution is -2.44.